The second kappa shape index (κ2) is 25.1. The Bertz CT molecular complexity index is 2300. The van der Waals surface area contributed by atoms with Crippen LogP contribution < -0.4 is 16.4 Å². The average molecular weight is 794 g/mol. The van der Waals surface area contributed by atoms with Crippen molar-refractivity contribution in [3.05, 3.63) is 180 Å². The van der Waals surface area contributed by atoms with E-state index < -0.39 is 0 Å². The highest BCUT2D eigenvalue weighted by Crippen LogP contribution is 2.42. The number of hydrogen-bond acceptors (Lipinski definition) is 0. The van der Waals surface area contributed by atoms with Gasteiger partial charge in [-0.25, -0.2) is 0 Å². The molecule has 1 nitrogen and oxygen atoms in total. The summed E-state index contributed by atoms with van der Waals surface area (Å²) < 4.78 is 2.59. The zero-order valence-electron chi connectivity index (χ0n) is 39.4. The number of nitrogens with zero attached hydrogens (tertiary/aromatic N) is 1. The molecule has 0 atom stereocenters. The van der Waals surface area contributed by atoms with Crippen LogP contribution in [0.1, 0.15) is 119 Å². The van der Waals surface area contributed by atoms with Gasteiger partial charge in [0.25, 0.3) is 0 Å². The molecule has 1 aromatic heterocycles. The average Bonchev–Trinajstić information content (AvgIpc) is 3.71. The van der Waals surface area contributed by atoms with Crippen LogP contribution in [-0.2, 0) is 12.8 Å². The molecule has 0 amide bonds. The number of aromatic nitrogens is 1. The third kappa shape index (κ3) is 9.55. The van der Waals surface area contributed by atoms with Crippen molar-refractivity contribution in [3.8, 4) is 27.9 Å². The van der Waals surface area contributed by atoms with Gasteiger partial charge in [-0.05, 0) is 58.4 Å². The fourth-order valence-electron chi connectivity index (χ4n) is 8.47. The molecule has 0 saturated heterocycles. The summed E-state index contributed by atoms with van der Waals surface area (Å²) >= 11 is 0. The van der Waals surface area contributed by atoms with E-state index in [0.29, 0.717) is 0 Å². The zero-order chi connectivity index (χ0) is 44.2. The third-order valence-electron chi connectivity index (χ3n) is 10.4. The molecule has 0 N–H and O–H groups in total. The minimum absolute atomic E-state index is 0.284. The Labute approximate surface area is 365 Å². The van der Waals surface area contributed by atoms with Crippen molar-refractivity contribution in [3.63, 3.8) is 0 Å². The van der Waals surface area contributed by atoms with E-state index >= 15 is 0 Å². The third-order valence-corrected chi connectivity index (χ3v) is 10.4. The molecule has 0 aliphatic carbocycles. The number of rotatable bonds is 3. The van der Waals surface area contributed by atoms with Gasteiger partial charge in [-0.15, -0.1) is 0 Å². The lowest BCUT2D eigenvalue weighted by molar-refractivity contribution is 1.10. The maximum absolute atomic E-state index is 2.59. The van der Waals surface area contributed by atoms with Crippen molar-refractivity contribution in [1.29, 1.82) is 0 Å². The van der Waals surface area contributed by atoms with Crippen molar-refractivity contribution in [2.75, 3.05) is 0 Å². The maximum Gasteiger partial charge on any atom is 0.242 e. The lowest BCUT2D eigenvalue weighted by atomic mass is 9.30. The van der Waals surface area contributed by atoms with Gasteiger partial charge in [0.15, 0.2) is 0 Å². The van der Waals surface area contributed by atoms with Crippen LogP contribution in [0.3, 0.4) is 0 Å². The highest BCUT2D eigenvalue weighted by atomic mass is 15.0. The van der Waals surface area contributed by atoms with E-state index in [0.717, 1.165) is 12.8 Å². The molecule has 7 aromatic carbocycles. The van der Waals surface area contributed by atoms with Crippen LogP contribution in [0.4, 0.5) is 0 Å². The van der Waals surface area contributed by atoms with Crippen LogP contribution in [-0.4, -0.2) is 11.3 Å². The molecular formula is C58H72BN. The Morgan fingerprint density at radius 2 is 0.700 bits per heavy atom. The molecule has 0 saturated carbocycles. The highest BCUT2D eigenvalue weighted by Gasteiger charge is 2.37. The molecule has 2 aliphatic rings. The zero-order valence-corrected chi connectivity index (χ0v) is 39.4. The first-order valence-corrected chi connectivity index (χ1v) is 23.3. The molecule has 0 bridgehead atoms. The molecule has 3 heterocycles. The fourth-order valence-corrected chi connectivity index (χ4v) is 8.47. The molecule has 0 fully saturated rings. The first kappa shape index (κ1) is 48.8. The molecule has 0 radical (unpaired) electrons. The van der Waals surface area contributed by atoms with Crippen molar-refractivity contribution in [2.45, 2.75) is 110 Å². The summed E-state index contributed by atoms with van der Waals surface area (Å²) in [5.74, 6) is 0. The van der Waals surface area contributed by atoms with Gasteiger partial charge >= 0.3 is 0 Å². The standard InChI is InChI=1S/C44H30BN.7C2H6/c1-3-13-29(14-4-1)36-19-11-21-38-39-22-12-20-37(30-15-5-2-6-16-30)44(39)46(43(36)38)35-27-33-25-31-17-7-9-23-40(31)45-41-24-10-8-18-32(41)26-34(28-35)42(33)45;7*1-2/h1-24,27-28H,25-26H2;7*1-2H3. The van der Waals surface area contributed by atoms with Crippen LogP contribution in [0, 0.1) is 0 Å². The second-order valence-corrected chi connectivity index (χ2v) is 12.8. The normalized spacial score (nSPS) is 10.7. The van der Waals surface area contributed by atoms with E-state index in [9.17, 15) is 0 Å². The SMILES string of the molecule is CC.CC.CC.CC.CC.CC.CC.c1ccc(-c2cccc3c4cccc(-c5ccccc5)c4n(-c4cc5c6c(c4)Cc4ccccc4B6c4ccccc4C5)c23)cc1. The smallest absolute Gasteiger partial charge is 0.242 e. The Morgan fingerprint density at radius 3 is 1.08 bits per heavy atom. The number of hydrogen-bond donors (Lipinski definition) is 0. The minimum Gasteiger partial charge on any atom is -0.308 e. The molecule has 2 heteroatoms. The summed E-state index contributed by atoms with van der Waals surface area (Å²) in [7, 11) is 0. The molecule has 2 aliphatic heterocycles. The summed E-state index contributed by atoms with van der Waals surface area (Å²) in [6.45, 7) is 28.3. The van der Waals surface area contributed by atoms with Crippen molar-refractivity contribution < 1.29 is 0 Å². The van der Waals surface area contributed by atoms with E-state index in [1.54, 1.807) is 0 Å². The van der Waals surface area contributed by atoms with Crippen LogP contribution in [0.2, 0.25) is 0 Å². The van der Waals surface area contributed by atoms with E-state index in [2.05, 4.69) is 162 Å². The molecular weight excluding hydrogens is 721 g/mol. The number of benzene rings is 7. The van der Waals surface area contributed by atoms with E-state index in [-0.39, 0.29) is 6.71 Å². The molecule has 312 valence electrons. The quantitative estimate of drug-likeness (QED) is 0.157. The van der Waals surface area contributed by atoms with E-state index in [4.69, 9.17) is 0 Å². The Kier molecular flexibility index (Phi) is 20.4. The topological polar surface area (TPSA) is 4.93 Å². The monoisotopic (exact) mass is 794 g/mol. The Balaban J connectivity index is 0.000000628. The van der Waals surface area contributed by atoms with Crippen LogP contribution in [0.25, 0.3) is 49.7 Å². The van der Waals surface area contributed by atoms with Gasteiger partial charge in [0.2, 0.25) is 6.71 Å². The van der Waals surface area contributed by atoms with Crippen molar-refractivity contribution in [1.82, 2.24) is 4.57 Å². The summed E-state index contributed by atoms with van der Waals surface area (Å²) in [4.78, 5) is 0. The largest absolute Gasteiger partial charge is 0.308 e. The molecule has 8 aromatic rings. The van der Waals surface area contributed by atoms with Crippen LogP contribution in [0.5, 0.6) is 0 Å². The molecule has 0 spiro atoms. The minimum atomic E-state index is 0.284. The summed E-state index contributed by atoms with van der Waals surface area (Å²) in [6, 6.07) is 58.6. The van der Waals surface area contributed by atoms with Crippen molar-refractivity contribution in [2.24, 2.45) is 0 Å². The van der Waals surface area contributed by atoms with Gasteiger partial charge in [-0.3, -0.25) is 0 Å². The predicted molar refractivity (Wildman–Crippen MR) is 274 cm³/mol. The predicted octanol–water partition coefficient (Wildman–Crippen LogP) is 15.6. The molecule has 0 unspecified atom stereocenters. The van der Waals surface area contributed by atoms with Crippen LogP contribution >= 0.6 is 0 Å². The number of para-hydroxylation sites is 2. The first-order chi connectivity index (χ1) is 29.8. The van der Waals surface area contributed by atoms with E-state index in [1.807, 2.05) is 96.9 Å². The van der Waals surface area contributed by atoms with Crippen molar-refractivity contribution >= 4 is 44.9 Å². The Hall–Kier alpha value is -5.60. The van der Waals surface area contributed by atoms with Gasteiger partial charge in [0, 0.05) is 27.6 Å². The van der Waals surface area contributed by atoms with Gasteiger partial charge in [0.1, 0.15) is 0 Å². The summed E-state index contributed by atoms with van der Waals surface area (Å²) in [5.41, 5.74) is 19.0. The number of fused-ring (bicyclic) bond motifs is 7. The lowest BCUT2D eigenvalue weighted by Gasteiger charge is -2.34. The van der Waals surface area contributed by atoms with Gasteiger partial charge in [0.05, 0.1) is 11.0 Å². The maximum atomic E-state index is 2.59. The van der Waals surface area contributed by atoms with Crippen LogP contribution in [0.15, 0.2) is 158 Å². The highest BCUT2D eigenvalue weighted by molar-refractivity contribution is 6.97. The van der Waals surface area contributed by atoms with E-state index in [1.165, 1.54) is 88.4 Å². The Morgan fingerprint density at radius 1 is 0.350 bits per heavy atom. The molecule has 60 heavy (non-hydrogen) atoms. The van der Waals surface area contributed by atoms with Gasteiger partial charge in [-0.1, -0.05) is 259 Å². The lowest BCUT2D eigenvalue weighted by Crippen LogP contribution is -2.61. The second-order valence-electron chi connectivity index (χ2n) is 12.8. The van der Waals surface area contributed by atoms with Gasteiger partial charge in [-0.2, -0.15) is 0 Å². The summed E-state index contributed by atoms with van der Waals surface area (Å²) in [5, 5.41) is 2.57. The fraction of sp³-hybridized carbons (Fsp3) is 0.276. The van der Waals surface area contributed by atoms with Gasteiger partial charge < -0.3 is 4.57 Å². The summed E-state index contributed by atoms with van der Waals surface area (Å²) in [6.07, 6.45) is 1.92. The first-order valence-electron chi connectivity index (χ1n) is 23.3. The molecule has 10 rings (SSSR count).